The summed E-state index contributed by atoms with van der Waals surface area (Å²) < 4.78 is 7.46. The second kappa shape index (κ2) is 14.5. The van der Waals surface area contributed by atoms with Gasteiger partial charge in [-0.3, -0.25) is 9.67 Å². The van der Waals surface area contributed by atoms with E-state index in [1.807, 2.05) is 24.6 Å². The molecule has 1 aliphatic heterocycles. The van der Waals surface area contributed by atoms with Crippen molar-refractivity contribution in [1.82, 2.24) is 25.1 Å². The van der Waals surface area contributed by atoms with E-state index in [4.69, 9.17) is 19.8 Å². The highest BCUT2D eigenvalue weighted by molar-refractivity contribution is 5.89. The molecule has 1 saturated heterocycles. The molecule has 3 rings (SSSR count). The molecule has 0 bridgehead atoms. The van der Waals surface area contributed by atoms with Crippen molar-refractivity contribution in [3.8, 4) is 0 Å². The first-order chi connectivity index (χ1) is 16.8. The molecule has 0 radical (unpaired) electrons. The van der Waals surface area contributed by atoms with Crippen molar-refractivity contribution in [3.63, 3.8) is 0 Å². The molecule has 1 fully saturated rings. The van der Waals surface area contributed by atoms with E-state index >= 15 is 0 Å². The summed E-state index contributed by atoms with van der Waals surface area (Å²) in [6.07, 6.45) is 4.22. The largest absolute Gasteiger partial charge is 0.380 e. The number of aliphatic imine (C=N–C) groups is 2. The van der Waals surface area contributed by atoms with Gasteiger partial charge in [-0.25, -0.2) is 9.98 Å². The topological polar surface area (TPSA) is 105 Å². The smallest absolute Gasteiger partial charge is 0.228 e. The third-order valence-corrected chi connectivity index (χ3v) is 4.97. The minimum Gasteiger partial charge on any atom is -0.380 e. The molecule has 10 nitrogen and oxygen atoms in total. The number of aryl methyl sites for hydroxylation is 1. The lowest BCUT2D eigenvalue weighted by Gasteiger charge is -2.32. The maximum Gasteiger partial charge on any atom is 0.228 e. The molecular formula is C25H43N9O. The number of fused-ring (bicyclic) bond motifs is 1. The van der Waals surface area contributed by atoms with Crippen LogP contribution in [0.1, 0.15) is 53.7 Å². The molecular weight excluding hydrogens is 442 g/mol. The lowest BCUT2D eigenvalue weighted by atomic mass is 10.2. The Morgan fingerprint density at radius 2 is 2.06 bits per heavy atom. The van der Waals surface area contributed by atoms with E-state index in [2.05, 4.69) is 66.9 Å². The number of rotatable bonds is 10. The Morgan fingerprint density at radius 1 is 1.31 bits per heavy atom. The van der Waals surface area contributed by atoms with Gasteiger partial charge in [0.1, 0.15) is 23.2 Å². The Balaban J connectivity index is 0.00000100. The molecule has 2 aromatic heterocycles. The molecule has 0 aliphatic carbocycles. The number of ether oxygens (including phenoxy) is 1. The van der Waals surface area contributed by atoms with E-state index in [1.165, 1.54) is 6.34 Å². The van der Waals surface area contributed by atoms with Crippen molar-refractivity contribution >= 4 is 35.9 Å². The predicted molar refractivity (Wildman–Crippen MR) is 147 cm³/mol. The zero-order valence-corrected chi connectivity index (χ0v) is 22.5. The summed E-state index contributed by atoms with van der Waals surface area (Å²) in [5.74, 6) is 2.85. The van der Waals surface area contributed by atoms with Gasteiger partial charge in [-0.05, 0) is 45.9 Å². The van der Waals surface area contributed by atoms with E-state index < -0.39 is 0 Å². The van der Waals surface area contributed by atoms with Gasteiger partial charge in [-0.1, -0.05) is 27.7 Å². The van der Waals surface area contributed by atoms with E-state index in [0.29, 0.717) is 43.4 Å². The molecule has 0 saturated carbocycles. The summed E-state index contributed by atoms with van der Waals surface area (Å²) in [6, 6.07) is 0.373. The molecule has 0 spiro atoms. The van der Waals surface area contributed by atoms with E-state index in [-0.39, 0.29) is 0 Å². The van der Waals surface area contributed by atoms with E-state index in [9.17, 15) is 0 Å². The summed E-state index contributed by atoms with van der Waals surface area (Å²) in [5.41, 5.74) is 2.53. The SMILES string of the molecule is C=N/C=N\C(=C/CC)Nc1nc(N2CCNC(C)C2)nc2c(C)nn(CCOCC)c12.CC(C)C. The number of allylic oxidation sites excluding steroid dienone is 1. The monoisotopic (exact) mass is 485 g/mol. The minimum atomic E-state index is 0.373. The van der Waals surface area contributed by atoms with Crippen LogP contribution in [0.15, 0.2) is 21.9 Å². The average Bonchev–Trinajstić information content (AvgIpc) is 3.13. The molecule has 10 heteroatoms. The van der Waals surface area contributed by atoms with Crippen LogP contribution in [0.4, 0.5) is 11.8 Å². The van der Waals surface area contributed by atoms with Crippen molar-refractivity contribution in [2.24, 2.45) is 15.9 Å². The summed E-state index contributed by atoms with van der Waals surface area (Å²) in [4.78, 5) is 20.1. The van der Waals surface area contributed by atoms with Gasteiger partial charge in [0.15, 0.2) is 5.82 Å². The maximum atomic E-state index is 5.55. The highest BCUT2D eigenvalue weighted by Crippen LogP contribution is 2.28. The molecule has 0 amide bonds. The fourth-order valence-electron chi connectivity index (χ4n) is 3.57. The highest BCUT2D eigenvalue weighted by Gasteiger charge is 2.23. The molecule has 2 aromatic rings. The molecule has 2 N–H and O–H groups in total. The standard InChI is InChI=1S/C21H33N9O.C4H10/c1-6-8-17(24-14-22-5)25-20-19-18(16(4)28-30(19)11-12-31-7-2)26-21(27-20)29-10-9-23-15(3)13-29;1-4(2)3/h8,14-15,23H,5-7,9-13H2,1-4H3,(H,25,26,27);4H,1-3H3/b17-8+,24-14-;. The van der Waals surface area contributed by atoms with Crippen LogP contribution >= 0.6 is 0 Å². The van der Waals surface area contributed by atoms with E-state index in [1.54, 1.807) is 0 Å². The summed E-state index contributed by atoms with van der Waals surface area (Å²) in [5, 5.41) is 11.6. The lowest BCUT2D eigenvalue weighted by Crippen LogP contribution is -2.49. The molecule has 3 heterocycles. The van der Waals surface area contributed by atoms with Crippen molar-refractivity contribution in [1.29, 1.82) is 0 Å². The van der Waals surface area contributed by atoms with Crippen molar-refractivity contribution in [3.05, 3.63) is 17.6 Å². The van der Waals surface area contributed by atoms with E-state index in [0.717, 1.165) is 48.7 Å². The Bertz CT molecular complexity index is 994. The normalized spacial score (nSPS) is 16.6. The highest BCUT2D eigenvalue weighted by atomic mass is 16.5. The average molecular weight is 486 g/mol. The minimum absolute atomic E-state index is 0.373. The second-order valence-electron chi connectivity index (χ2n) is 9.16. The first kappa shape index (κ1) is 28.4. The van der Waals surface area contributed by atoms with Gasteiger partial charge >= 0.3 is 0 Å². The van der Waals surface area contributed by atoms with Gasteiger partial charge in [0, 0.05) is 32.3 Å². The fourth-order valence-corrected chi connectivity index (χ4v) is 3.57. The number of piperazine rings is 1. The van der Waals surface area contributed by atoms with Crippen LogP contribution in [0.25, 0.3) is 11.0 Å². The van der Waals surface area contributed by atoms with Crippen LogP contribution in [-0.4, -0.2) is 71.7 Å². The summed E-state index contributed by atoms with van der Waals surface area (Å²) in [7, 11) is 0. The van der Waals surface area contributed by atoms with Crippen LogP contribution in [-0.2, 0) is 11.3 Å². The van der Waals surface area contributed by atoms with Gasteiger partial charge in [-0.15, -0.1) is 0 Å². The van der Waals surface area contributed by atoms with Crippen molar-refractivity contribution in [2.75, 3.05) is 43.1 Å². The van der Waals surface area contributed by atoms with Crippen LogP contribution in [0.3, 0.4) is 0 Å². The Hall–Kier alpha value is -2.85. The second-order valence-corrected chi connectivity index (χ2v) is 9.16. The molecule has 1 unspecified atom stereocenters. The Kier molecular flexibility index (Phi) is 11.8. The summed E-state index contributed by atoms with van der Waals surface area (Å²) >= 11 is 0. The summed E-state index contributed by atoms with van der Waals surface area (Å²) in [6.45, 7) is 22.6. The van der Waals surface area contributed by atoms with Crippen molar-refractivity contribution < 1.29 is 4.74 Å². The molecule has 0 aromatic carbocycles. The van der Waals surface area contributed by atoms with Gasteiger partial charge in [0.25, 0.3) is 0 Å². The van der Waals surface area contributed by atoms with Gasteiger partial charge < -0.3 is 20.3 Å². The fraction of sp³-hybridized carbons (Fsp3) is 0.640. The number of nitrogens with zero attached hydrogens (tertiary/aromatic N) is 7. The van der Waals surface area contributed by atoms with Crippen LogP contribution in [0.2, 0.25) is 0 Å². The number of nitrogens with one attached hydrogen (secondary N) is 2. The van der Waals surface area contributed by atoms with Crippen molar-refractivity contribution in [2.45, 2.75) is 67.5 Å². The molecule has 1 aliphatic rings. The third kappa shape index (κ3) is 8.70. The maximum absolute atomic E-state index is 5.55. The van der Waals surface area contributed by atoms with Crippen LogP contribution in [0.5, 0.6) is 0 Å². The number of aromatic nitrogens is 4. The Morgan fingerprint density at radius 3 is 2.69 bits per heavy atom. The zero-order chi connectivity index (χ0) is 25.8. The third-order valence-electron chi connectivity index (χ3n) is 4.97. The van der Waals surface area contributed by atoms with Crippen LogP contribution < -0.4 is 15.5 Å². The van der Waals surface area contributed by atoms with Gasteiger partial charge in [0.05, 0.1) is 18.8 Å². The number of anilines is 2. The predicted octanol–water partition coefficient (Wildman–Crippen LogP) is 4.02. The Labute approximate surface area is 210 Å². The molecule has 35 heavy (non-hydrogen) atoms. The quantitative estimate of drug-likeness (QED) is 0.297. The number of hydrogen-bond donors (Lipinski definition) is 2. The first-order valence-electron chi connectivity index (χ1n) is 12.6. The molecule has 1 atom stereocenters. The molecule has 194 valence electrons. The number of hydrogen-bond acceptors (Lipinski definition) is 8. The van der Waals surface area contributed by atoms with Gasteiger partial charge in [0.2, 0.25) is 5.95 Å². The lowest BCUT2D eigenvalue weighted by molar-refractivity contribution is 0.137. The van der Waals surface area contributed by atoms with Crippen LogP contribution in [0, 0.1) is 12.8 Å². The zero-order valence-electron chi connectivity index (χ0n) is 22.5. The first-order valence-corrected chi connectivity index (χ1v) is 12.6. The van der Waals surface area contributed by atoms with Gasteiger partial charge in [-0.2, -0.15) is 10.1 Å².